The Morgan fingerprint density at radius 1 is 1.00 bits per heavy atom. The van der Waals surface area contributed by atoms with Crippen LogP contribution in [0, 0.1) is 52.3 Å². The molecule has 6 fully saturated rings. The quantitative estimate of drug-likeness (QED) is 0.274. The van der Waals surface area contributed by atoms with Gasteiger partial charge in [-0.1, -0.05) is 58.8 Å². The molecule has 12 atom stereocenters. The maximum absolute atomic E-state index is 11.5. The molecule has 11 unspecified atom stereocenters. The first kappa shape index (κ1) is 37.3. The number of carbonyl (C=O) groups is 1. The molecule has 2 N–H and O–H groups in total. The molecule has 2 aliphatic heterocycles. The van der Waals surface area contributed by atoms with Gasteiger partial charge in [-0.3, -0.25) is 9.69 Å². The summed E-state index contributed by atoms with van der Waals surface area (Å²) in [5.74, 6) is 4.12. The van der Waals surface area contributed by atoms with Crippen molar-refractivity contribution < 1.29 is 14.6 Å². The van der Waals surface area contributed by atoms with Crippen molar-refractivity contribution >= 4 is 5.97 Å². The van der Waals surface area contributed by atoms with Crippen LogP contribution in [0.1, 0.15) is 138 Å². The second-order valence-electron chi connectivity index (χ2n) is 18.4. The van der Waals surface area contributed by atoms with Gasteiger partial charge in [0.2, 0.25) is 0 Å². The summed E-state index contributed by atoms with van der Waals surface area (Å²) in [4.78, 5) is 14.2. The Morgan fingerprint density at radius 2 is 1.76 bits per heavy atom. The summed E-state index contributed by atoms with van der Waals surface area (Å²) in [6.45, 7) is 24.0. The molecule has 6 aliphatic carbocycles. The SMILES string of the molecule is C=C(C)C.CC.CC1C(C2=CCC(C(=O)O)CC2)=CCC2(C)C1CCC1(C)C3CCC4(NCCN5CC6CC5CO6)CCC[C@@H]4C3CCC21. The number of nitrogens with one attached hydrogen (secondary N) is 1. The van der Waals surface area contributed by atoms with Crippen LogP contribution >= 0.6 is 0 Å². The third-order valence-electron chi connectivity index (χ3n) is 15.7. The van der Waals surface area contributed by atoms with Crippen molar-refractivity contribution in [2.75, 3.05) is 26.2 Å². The maximum atomic E-state index is 11.5. The summed E-state index contributed by atoms with van der Waals surface area (Å²) in [6, 6.07) is 0.684. The number of carboxylic acid groups (broad SMARTS) is 1. The molecule has 2 bridgehead atoms. The van der Waals surface area contributed by atoms with Crippen LogP contribution in [0.25, 0.3) is 0 Å². The highest BCUT2D eigenvalue weighted by Crippen LogP contribution is 2.70. The largest absolute Gasteiger partial charge is 0.481 e. The molecule has 0 aromatic rings. The molecular weight excluding hydrogens is 604 g/mol. The average Bonchev–Trinajstić information content (AvgIpc) is 3.82. The molecule has 0 aromatic heterocycles. The molecule has 0 aromatic carbocycles. The number of carboxylic acids is 1. The molecule has 8 rings (SSSR count). The van der Waals surface area contributed by atoms with Crippen molar-refractivity contribution in [3.8, 4) is 0 Å². The lowest BCUT2D eigenvalue weighted by atomic mass is 9.38. The number of nitrogens with zero attached hydrogens (tertiary/aromatic N) is 1. The lowest BCUT2D eigenvalue weighted by molar-refractivity contribution is -0.166. The van der Waals surface area contributed by atoms with E-state index in [1.807, 2.05) is 27.7 Å². The molecule has 5 nitrogen and oxygen atoms in total. The van der Waals surface area contributed by atoms with E-state index in [9.17, 15) is 9.90 Å². The van der Waals surface area contributed by atoms with Gasteiger partial charge in [0.25, 0.3) is 0 Å². The monoisotopic (exact) mass is 677 g/mol. The smallest absolute Gasteiger partial charge is 0.306 e. The van der Waals surface area contributed by atoms with E-state index in [1.54, 1.807) is 5.57 Å². The van der Waals surface area contributed by atoms with Crippen LogP contribution in [0.2, 0.25) is 0 Å². The number of ether oxygens (including phenoxy) is 1. The van der Waals surface area contributed by atoms with Gasteiger partial charge in [0.05, 0.1) is 18.6 Å². The Kier molecular flexibility index (Phi) is 11.3. The summed E-state index contributed by atoms with van der Waals surface area (Å²) in [5.41, 5.74) is 5.53. The summed E-state index contributed by atoms with van der Waals surface area (Å²) in [7, 11) is 0. The highest BCUT2D eigenvalue weighted by Gasteiger charge is 2.64. The number of hydrogen-bond donors (Lipinski definition) is 2. The van der Waals surface area contributed by atoms with Crippen molar-refractivity contribution in [3.63, 3.8) is 0 Å². The van der Waals surface area contributed by atoms with Gasteiger partial charge < -0.3 is 15.2 Å². The molecular formula is C44H72N2O3. The summed E-state index contributed by atoms with van der Waals surface area (Å²) in [5, 5.41) is 13.8. The van der Waals surface area contributed by atoms with E-state index in [2.05, 4.69) is 49.7 Å². The highest BCUT2D eigenvalue weighted by atomic mass is 16.5. The van der Waals surface area contributed by atoms with Crippen molar-refractivity contribution in [2.24, 2.45) is 52.3 Å². The number of fused-ring (bicyclic) bond motifs is 9. The molecule has 276 valence electrons. The van der Waals surface area contributed by atoms with Crippen LogP contribution in [0.4, 0.5) is 0 Å². The lowest BCUT2D eigenvalue weighted by Gasteiger charge is -2.67. The average molecular weight is 677 g/mol. The number of morpholine rings is 1. The van der Waals surface area contributed by atoms with Gasteiger partial charge in [0.1, 0.15) is 0 Å². The van der Waals surface area contributed by atoms with Crippen LogP contribution in [0.15, 0.2) is 35.5 Å². The fourth-order valence-electron chi connectivity index (χ4n) is 13.7. The zero-order chi connectivity index (χ0) is 35.1. The zero-order valence-corrected chi connectivity index (χ0v) is 32.5. The minimum Gasteiger partial charge on any atom is -0.481 e. The van der Waals surface area contributed by atoms with Crippen molar-refractivity contribution in [1.29, 1.82) is 0 Å². The normalized spacial score (nSPS) is 45.2. The minimum atomic E-state index is -0.617. The molecule has 0 amide bonds. The first-order valence-corrected chi connectivity index (χ1v) is 20.8. The van der Waals surface area contributed by atoms with Gasteiger partial charge in [0, 0.05) is 31.2 Å². The van der Waals surface area contributed by atoms with Gasteiger partial charge in [-0.2, -0.15) is 0 Å². The summed E-state index contributed by atoms with van der Waals surface area (Å²) < 4.78 is 5.86. The number of aliphatic carboxylic acids is 1. The van der Waals surface area contributed by atoms with E-state index in [-0.39, 0.29) is 5.92 Å². The van der Waals surface area contributed by atoms with E-state index < -0.39 is 5.97 Å². The Balaban J connectivity index is 0.000000650. The second-order valence-corrected chi connectivity index (χ2v) is 18.4. The first-order valence-electron chi connectivity index (χ1n) is 20.8. The van der Waals surface area contributed by atoms with E-state index in [0.29, 0.717) is 40.9 Å². The predicted octanol–water partition coefficient (Wildman–Crippen LogP) is 9.83. The van der Waals surface area contributed by atoms with E-state index >= 15 is 0 Å². The molecule has 2 saturated heterocycles. The van der Waals surface area contributed by atoms with Gasteiger partial charge in [-0.05, 0) is 155 Å². The van der Waals surface area contributed by atoms with E-state index in [4.69, 9.17) is 4.74 Å². The molecule has 2 heterocycles. The Bertz CT molecular complexity index is 1270. The zero-order valence-electron chi connectivity index (χ0n) is 32.5. The first-order chi connectivity index (χ1) is 23.4. The second kappa shape index (κ2) is 14.9. The topological polar surface area (TPSA) is 61.8 Å². The number of likely N-dealkylation sites (tertiary alicyclic amines) is 1. The molecule has 8 aliphatic rings. The molecule has 4 saturated carbocycles. The Hall–Kier alpha value is -1.43. The van der Waals surface area contributed by atoms with E-state index in [1.165, 1.54) is 88.3 Å². The molecule has 0 radical (unpaired) electrons. The van der Waals surface area contributed by atoms with Crippen LogP contribution in [0.5, 0.6) is 0 Å². The third-order valence-corrected chi connectivity index (χ3v) is 15.7. The van der Waals surface area contributed by atoms with Gasteiger partial charge >= 0.3 is 5.97 Å². The third kappa shape index (κ3) is 6.81. The Morgan fingerprint density at radius 3 is 2.41 bits per heavy atom. The van der Waals surface area contributed by atoms with Gasteiger partial charge in [0.15, 0.2) is 0 Å². The standard InChI is InChI=1S/C38H58N2O3.C4H8.C2H6/c1-24-29(25-6-8-26(9-7-25)35(41)42)12-16-36(2)31(24)13-17-37(3)32-14-18-38(15-4-5-33(38)30(32)10-11-34(36)37)39-19-20-40-22-28-21-27(40)23-43-28;1-4(2)3;1-2/h6,12,24,26-28,30-34,39H,4-5,7-11,13-23H2,1-3H3,(H,41,42);1H2,2-3H3;1-2H3/t24?,26?,27?,28?,30?,31?,32?,33-,34?,36?,37?,38?;;/m1../s1. The highest BCUT2D eigenvalue weighted by molar-refractivity contribution is 5.70. The molecule has 49 heavy (non-hydrogen) atoms. The fraction of sp³-hybridized carbons (Fsp3) is 0.841. The van der Waals surface area contributed by atoms with Crippen molar-refractivity contribution in [1.82, 2.24) is 10.2 Å². The van der Waals surface area contributed by atoms with Crippen LogP contribution in [-0.2, 0) is 9.53 Å². The number of allylic oxidation sites excluding steroid dienone is 5. The van der Waals surface area contributed by atoms with Gasteiger partial charge in [-0.15, -0.1) is 6.58 Å². The fourth-order valence-corrected chi connectivity index (χ4v) is 13.7. The lowest BCUT2D eigenvalue weighted by Crippen LogP contribution is -2.63. The summed E-state index contributed by atoms with van der Waals surface area (Å²) in [6.07, 6.45) is 23.2. The van der Waals surface area contributed by atoms with Crippen LogP contribution in [0.3, 0.4) is 0 Å². The summed E-state index contributed by atoms with van der Waals surface area (Å²) >= 11 is 0. The maximum Gasteiger partial charge on any atom is 0.306 e. The number of hydrogen-bond acceptors (Lipinski definition) is 4. The Labute approximate surface area is 300 Å². The van der Waals surface area contributed by atoms with Crippen molar-refractivity contribution in [3.05, 3.63) is 35.5 Å². The molecule has 0 spiro atoms. The predicted molar refractivity (Wildman–Crippen MR) is 202 cm³/mol. The van der Waals surface area contributed by atoms with Gasteiger partial charge in [-0.25, -0.2) is 0 Å². The minimum absolute atomic E-state index is 0.182. The van der Waals surface area contributed by atoms with Crippen LogP contribution < -0.4 is 5.32 Å². The molecule has 5 heteroatoms. The number of rotatable bonds is 6. The van der Waals surface area contributed by atoms with E-state index in [0.717, 1.165) is 62.1 Å². The van der Waals surface area contributed by atoms with Crippen molar-refractivity contribution in [2.45, 2.75) is 156 Å². The van der Waals surface area contributed by atoms with Crippen LogP contribution in [-0.4, -0.2) is 59.9 Å².